The van der Waals surface area contributed by atoms with Crippen LogP contribution in [0.2, 0.25) is 0 Å². The summed E-state index contributed by atoms with van der Waals surface area (Å²) >= 11 is 0. The van der Waals surface area contributed by atoms with E-state index in [9.17, 15) is 9.59 Å². The van der Waals surface area contributed by atoms with Gasteiger partial charge in [0.15, 0.2) is 0 Å². The number of rotatable bonds is 7. The number of nitrogens with two attached hydrogens (primary N) is 2. The van der Waals surface area contributed by atoms with Crippen molar-refractivity contribution < 1.29 is 14.3 Å². The number of benzene rings is 1. The molecular formula is C15H20N2O3. The second-order valence-electron chi connectivity index (χ2n) is 4.38. The van der Waals surface area contributed by atoms with E-state index in [1.807, 2.05) is 30.3 Å². The molecule has 0 saturated heterocycles. The number of ether oxygens (including phenoxy) is 1. The summed E-state index contributed by atoms with van der Waals surface area (Å²) in [6.07, 6.45) is 4.78. The number of carbonyl (C=O) groups excluding carboxylic acids is 2. The normalized spacial score (nSPS) is 12.3. The third-order valence-electron chi connectivity index (χ3n) is 2.68. The summed E-state index contributed by atoms with van der Waals surface area (Å²) in [6.45, 7) is 0.556. The smallest absolute Gasteiger partial charge is 0.338 e. The summed E-state index contributed by atoms with van der Waals surface area (Å²) < 4.78 is 4.64. The Hall–Kier alpha value is -1.98. The van der Waals surface area contributed by atoms with Gasteiger partial charge in [-0.3, -0.25) is 0 Å². The maximum atomic E-state index is 11.5. The summed E-state index contributed by atoms with van der Waals surface area (Å²) in [5, 5.41) is 0. The zero-order valence-electron chi connectivity index (χ0n) is 11.3. The predicted octanol–water partition coefficient (Wildman–Crippen LogP) is 1.23. The lowest BCUT2D eigenvalue weighted by atomic mass is 10.1. The molecule has 1 rings (SSSR count). The minimum absolute atomic E-state index is 0.464. The molecule has 0 saturated carbocycles. The van der Waals surface area contributed by atoms with Crippen molar-refractivity contribution in [2.24, 2.45) is 11.5 Å². The highest BCUT2D eigenvalue weighted by Crippen LogP contribution is 2.03. The molecule has 5 heteroatoms. The van der Waals surface area contributed by atoms with Crippen molar-refractivity contribution in [2.45, 2.75) is 25.3 Å². The SMILES string of the molecule is NCCCC[C@H](N)C(=O)OC(=O)/C=C/c1ccccc1. The zero-order chi connectivity index (χ0) is 14.8. The second kappa shape index (κ2) is 9.01. The van der Waals surface area contributed by atoms with Crippen molar-refractivity contribution in [3.63, 3.8) is 0 Å². The molecule has 1 aromatic carbocycles. The molecule has 1 atom stereocenters. The Morgan fingerprint density at radius 1 is 1.20 bits per heavy atom. The molecule has 0 bridgehead atoms. The Kier molecular flexibility index (Phi) is 7.24. The number of hydrogen-bond acceptors (Lipinski definition) is 5. The first-order valence-electron chi connectivity index (χ1n) is 6.58. The highest BCUT2D eigenvalue weighted by atomic mass is 16.6. The van der Waals surface area contributed by atoms with E-state index in [1.165, 1.54) is 6.08 Å². The van der Waals surface area contributed by atoms with Gasteiger partial charge in [0.05, 0.1) is 0 Å². The van der Waals surface area contributed by atoms with Gasteiger partial charge in [-0.25, -0.2) is 9.59 Å². The van der Waals surface area contributed by atoms with Gasteiger partial charge in [-0.15, -0.1) is 0 Å². The quantitative estimate of drug-likeness (QED) is 0.338. The standard InChI is InChI=1S/C15H20N2O3/c16-11-5-4-8-13(17)15(19)20-14(18)10-9-12-6-2-1-3-7-12/h1-3,6-7,9-10,13H,4-5,8,11,16-17H2/b10-9+/t13-/m0/s1. The fourth-order valence-electron chi connectivity index (χ4n) is 1.56. The molecule has 0 aliphatic heterocycles. The van der Waals surface area contributed by atoms with E-state index in [2.05, 4.69) is 4.74 Å². The first-order chi connectivity index (χ1) is 9.63. The van der Waals surface area contributed by atoms with Gasteiger partial charge < -0.3 is 16.2 Å². The molecule has 0 fully saturated rings. The fraction of sp³-hybridized carbons (Fsp3) is 0.333. The van der Waals surface area contributed by atoms with Crippen molar-refractivity contribution in [1.82, 2.24) is 0 Å². The maximum absolute atomic E-state index is 11.5. The number of hydrogen-bond donors (Lipinski definition) is 2. The third-order valence-corrected chi connectivity index (χ3v) is 2.68. The molecule has 108 valence electrons. The Morgan fingerprint density at radius 3 is 2.55 bits per heavy atom. The number of carbonyl (C=O) groups is 2. The van der Waals surface area contributed by atoms with E-state index in [4.69, 9.17) is 11.5 Å². The van der Waals surface area contributed by atoms with Crippen LogP contribution in [0.4, 0.5) is 0 Å². The first-order valence-corrected chi connectivity index (χ1v) is 6.58. The third kappa shape index (κ3) is 6.26. The zero-order valence-corrected chi connectivity index (χ0v) is 11.3. The van der Waals surface area contributed by atoms with E-state index in [0.717, 1.165) is 18.4 Å². The molecule has 5 nitrogen and oxygen atoms in total. The highest BCUT2D eigenvalue weighted by Gasteiger charge is 2.16. The Labute approximate surface area is 118 Å². The molecule has 0 spiro atoms. The minimum atomic E-state index is -0.782. The molecule has 0 radical (unpaired) electrons. The first kappa shape index (κ1) is 16.1. The average Bonchev–Trinajstić information content (AvgIpc) is 2.46. The minimum Gasteiger partial charge on any atom is -0.389 e. The van der Waals surface area contributed by atoms with E-state index in [1.54, 1.807) is 6.08 Å². The summed E-state index contributed by atoms with van der Waals surface area (Å²) in [7, 11) is 0. The van der Waals surface area contributed by atoms with Gasteiger partial charge in [-0.2, -0.15) is 0 Å². The summed E-state index contributed by atoms with van der Waals surface area (Å²) in [5.74, 6) is -1.42. The lowest BCUT2D eigenvalue weighted by Gasteiger charge is -2.08. The monoisotopic (exact) mass is 276 g/mol. The summed E-state index contributed by atoms with van der Waals surface area (Å²) in [6, 6.07) is 8.47. The predicted molar refractivity (Wildman–Crippen MR) is 77.5 cm³/mol. The molecular weight excluding hydrogens is 256 g/mol. The molecule has 1 aromatic rings. The molecule has 0 unspecified atom stereocenters. The number of esters is 2. The largest absolute Gasteiger partial charge is 0.389 e. The van der Waals surface area contributed by atoms with Gasteiger partial charge >= 0.3 is 11.9 Å². The van der Waals surface area contributed by atoms with E-state index in [-0.39, 0.29) is 0 Å². The van der Waals surface area contributed by atoms with E-state index >= 15 is 0 Å². The summed E-state index contributed by atoms with van der Waals surface area (Å²) in [5.41, 5.74) is 11.8. The van der Waals surface area contributed by atoms with Crippen LogP contribution in [0.1, 0.15) is 24.8 Å². The van der Waals surface area contributed by atoms with Crippen molar-refractivity contribution in [1.29, 1.82) is 0 Å². The molecule has 4 N–H and O–H groups in total. The summed E-state index contributed by atoms with van der Waals surface area (Å²) in [4.78, 5) is 23.0. The van der Waals surface area contributed by atoms with Crippen LogP contribution in [0.15, 0.2) is 36.4 Å². The Morgan fingerprint density at radius 2 is 1.90 bits per heavy atom. The molecule has 0 aromatic heterocycles. The maximum Gasteiger partial charge on any atom is 0.338 e. The lowest BCUT2D eigenvalue weighted by Crippen LogP contribution is -2.33. The van der Waals surface area contributed by atoms with Crippen LogP contribution in [0.5, 0.6) is 0 Å². The van der Waals surface area contributed by atoms with Crippen LogP contribution in [0, 0.1) is 0 Å². The van der Waals surface area contributed by atoms with E-state index < -0.39 is 18.0 Å². The lowest BCUT2D eigenvalue weighted by molar-refractivity contribution is -0.157. The molecule has 0 heterocycles. The topological polar surface area (TPSA) is 95.4 Å². The van der Waals surface area contributed by atoms with Crippen molar-refractivity contribution >= 4 is 18.0 Å². The number of unbranched alkanes of at least 4 members (excludes halogenated alkanes) is 1. The van der Waals surface area contributed by atoms with Crippen LogP contribution in [-0.2, 0) is 14.3 Å². The van der Waals surface area contributed by atoms with Crippen LogP contribution < -0.4 is 11.5 Å². The van der Waals surface area contributed by atoms with Crippen LogP contribution in [-0.4, -0.2) is 24.5 Å². The van der Waals surface area contributed by atoms with Gasteiger partial charge in [0.25, 0.3) is 0 Å². The van der Waals surface area contributed by atoms with Gasteiger partial charge in [-0.1, -0.05) is 36.8 Å². The molecule has 0 aliphatic carbocycles. The van der Waals surface area contributed by atoms with Crippen molar-refractivity contribution in [3.8, 4) is 0 Å². The van der Waals surface area contributed by atoms with Crippen molar-refractivity contribution in [3.05, 3.63) is 42.0 Å². The van der Waals surface area contributed by atoms with Gasteiger partial charge in [0.2, 0.25) is 0 Å². The average molecular weight is 276 g/mol. The molecule has 0 aliphatic rings. The van der Waals surface area contributed by atoms with Crippen LogP contribution in [0.25, 0.3) is 6.08 Å². The fourth-order valence-corrected chi connectivity index (χ4v) is 1.56. The molecule has 0 amide bonds. The van der Waals surface area contributed by atoms with Crippen LogP contribution in [0.3, 0.4) is 0 Å². The van der Waals surface area contributed by atoms with Crippen LogP contribution >= 0.6 is 0 Å². The van der Waals surface area contributed by atoms with Gasteiger partial charge in [0, 0.05) is 6.08 Å². The van der Waals surface area contributed by atoms with E-state index in [0.29, 0.717) is 13.0 Å². The second-order valence-corrected chi connectivity index (χ2v) is 4.38. The molecule has 20 heavy (non-hydrogen) atoms. The Bertz CT molecular complexity index is 457. The van der Waals surface area contributed by atoms with Crippen molar-refractivity contribution in [2.75, 3.05) is 6.54 Å². The highest BCUT2D eigenvalue weighted by molar-refractivity contribution is 5.96. The van der Waals surface area contributed by atoms with Gasteiger partial charge in [0.1, 0.15) is 6.04 Å². The Balaban J connectivity index is 2.38. The van der Waals surface area contributed by atoms with Gasteiger partial charge in [-0.05, 0) is 31.0 Å².